The van der Waals surface area contributed by atoms with E-state index in [0.29, 0.717) is 36.4 Å². The summed E-state index contributed by atoms with van der Waals surface area (Å²) in [6.07, 6.45) is 1.98. The van der Waals surface area contributed by atoms with Gasteiger partial charge in [-0.15, -0.1) is 11.3 Å². The van der Waals surface area contributed by atoms with Gasteiger partial charge < -0.3 is 14.7 Å². The number of carbonyl (C=O) groups excluding carboxylic acids is 1. The molecule has 0 saturated carbocycles. The van der Waals surface area contributed by atoms with Crippen LogP contribution in [-0.2, 0) is 11.2 Å². The lowest BCUT2D eigenvalue weighted by Crippen LogP contribution is -2.31. The number of thiophene rings is 1. The van der Waals surface area contributed by atoms with Crippen LogP contribution in [0.2, 0.25) is 0 Å². The molecule has 4 heterocycles. The molecule has 2 aromatic heterocycles. The first kappa shape index (κ1) is 14.8. The van der Waals surface area contributed by atoms with Gasteiger partial charge in [0.2, 0.25) is 17.6 Å². The number of aryl methyl sites for hydroxylation is 1. The van der Waals surface area contributed by atoms with E-state index >= 15 is 0 Å². The Labute approximate surface area is 138 Å². The van der Waals surface area contributed by atoms with Crippen LogP contribution in [0, 0.1) is 11.8 Å². The fourth-order valence-electron chi connectivity index (χ4n) is 3.47. The third kappa shape index (κ3) is 3.16. The predicted octanol–water partition coefficient (Wildman–Crippen LogP) is 1.80. The SMILES string of the molecule is O=C(CCCc1nc(-c2cccs2)no1)N1C[C@H]2CNC[C@H]2C1. The van der Waals surface area contributed by atoms with E-state index in [0.717, 1.165) is 37.5 Å². The first-order valence-corrected chi connectivity index (χ1v) is 9.02. The van der Waals surface area contributed by atoms with E-state index < -0.39 is 0 Å². The van der Waals surface area contributed by atoms with Crippen LogP contribution < -0.4 is 5.32 Å². The van der Waals surface area contributed by atoms with Gasteiger partial charge in [0.1, 0.15) is 0 Å². The monoisotopic (exact) mass is 332 g/mol. The molecule has 0 spiro atoms. The Kier molecular flexibility index (Phi) is 4.13. The number of amides is 1. The Morgan fingerprint density at radius 2 is 2.22 bits per heavy atom. The standard InChI is InChI=1S/C16H20N4O2S/c21-15(20-9-11-7-17-8-12(11)10-20)5-1-4-14-18-16(19-22-14)13-3-2-6-23-13/h2-3,6,11-12,17H,1,4-5,7-10H2/t11-,12+. The van der Waals surface area contributed by atoms with E-state index in [4.69, 9.17) is 4.52 Å². The van der Waals surface area contributed by atoms with Crippen molar-refractivity contribution in [2.45, 2.75) is 19.3 Å². The van der Waals surface area contributed by atoms with Crippen LogP contribution in [0.15, 0.2) is 22.0 Å². The van der Waals surface area contributed by atoms with Crippen LogP contribution in [0.1, 0.15) is 18.7 Å². The van der Waals surface area contributed by atoms with E-state index in [-0.39, 0.29) is 5.91 Å². The lowest BCUT2D eigenvalue weighted by atomic mass is 10.0. The van der Waals surface area contributed by atoms with Crippen LogP contribution in [-0.4, -0.2) is 47.1 Å². The molecule has 4 rings (SSSR count). The highest BCUT2D eigenvalue weighted by atomic mass is 32.1. The van der Waals surface area contributed by atoms with Crippen molar-refractivity contribution in [2.24, 2.45) is 11.8 Å². The molecular weight excluding hydrogens is 312 g/mol. The summed E-state index contributed by atoms with van der Waals surface area (Å²) >= 11 is 1.59. The lowest BCUT2D eigenvalue weighted by Gasteiger charge is -2.17. The molecule has 2 saturated heterocycles. The molecule has 0 unspecified atom stereocenters. The van der Waals surface area contributed by atoms with Crippen LogP contribution in [0.25, 0.3) is 10.7 Å². The number of carbonyl (C=O) groups is 1. The summed E-state index contributed by atoms with van der Waals surface area (Å²) in [5.41, 5.74) is 0. The summed E-state index contributed by atoms with van der Waals surface area (Å²) in [5, 5.41) is 9.38. The molecule has 0 bridgehead atoms. The molecule has 2 aromatic rings. The van der Waals surface area contributed by atoms with Crippen LogP contribution >= 0.6 is 11.3 Å². The summed E-state index contributed by atoms with van der Waals surface area (Å²) in [4.78, 5) is 19.7. The van der Waals surface area contributed by atoms with Gasteiger partial charge in [-0.05, 0) is 29.7 Å². The van der Waals surface area contributed by atoms with Gasteiger partial charge in [0.05, 0.1) is 4.88 Å². The third-order valence-corrected chi connectivity index (χ3v) is 5.60. The molecule has 6 nitrogen and oxygen atoms in total. The Hall–Kier alpha value is -1.73. The first-order chi connectivity index (χ1) is 11.3. The van der Waals surface area contributed by atoms with Gasteiger partial charge in [-0.2, -0.15) is 4.98 Å². The Morgan fingerprint density at radius 3 is 2.96 bits per heavy atom. The average Bonchev–Trinajstić information content (AvgIpc) is 3.29. The number of hydrogen-bond donors (Lipinski definition) is 1. The van der Waals surface area contributed by atoms with Crippen molar-refractivity contribution >= 4 is 17.2 Å². The normalized spacial score (nSPS) is 23.4. The van der Waals surface area contributed by atoms with Crippen molar-refractivity contribution in [2.75, 3.05) is 26.2 Å². The maximum Gasteiger partial charge on any atom is 0.226 e. The maximum atomic E-state index is 12.3. The number of hydrogen-bond acceptors (Lipinski definition) is 6. The summed E-state index contributed by atoms with van der Waals surface area (Å²) < 4.78 is 5.27. The first-order valence-electron chi connectivity index (χ1n) is 8.14. The van der Waals surface area contributed by atoms with E-state index in [1.807, 2.05) is 22.4 Å². The fourth-order valence-corrected chi connectivity index (χ4v) is 4.12. The predicted molar refractivity (Wildman–Crippen MR) is 87.0 cm³/mol. The third-order valence-electron chi connectivity index (χ3n) is 4.73. The second kappa shape index (κ2) is 6.41. The van der Waals surface area contributed by atoms with Crippen molar-refractivity contribution < 1.29 is 9.32 Å². The van der Waals surface area contributed by atoms with Crippen LogP contribution in [0.5, 0.6) is 0 Å². The minimum Gasteiger partial charge on any atom is -0.342 e. The molecule has 2 aliphatic heterocycles. The zero-order valence-corrected chi connectivity index (χ0v) is 13.7. The van der Waals surface area contributed by atoms with Crippen molar-refractivity contribution in [1.29, 1.82) is 0 Å². The summed E-state index contributed by atoms with van der Waals surface area (Å²) in [6.45, 7) is 3.95. The topological polar surface area (TPSA) is 71.3 Å². The summed E-state index contributed by atoms with van der Waals surface area (Å²) in [5.74, 6) is 2.83. The van der Waals surface area contributed by atoms with Gasteiger partial charge in [0.25, 0.3) is 0 Å². The molecule has 0 radical (unpaired) electrons. The van der Waals surface area contributed by atoms with Gasteiger partial charge >= 0.3 is 0 Å². The maximum absolute atomic E-state index is 12.3. The second-order valence-corrected chi connectivity index (χ2v) is 7.27. The molecule has 2 aliphatic rings. The minimum absolute atomic E-state index is 0.261. The fraction of sp³-hybridized carbons (Fsp3) is 0.562. The zero-order chi connectivity index (χ0) is 15.6. The number of rotatable bonds is 5. The van der Waals surface area contributed by atoms with Crippen LogP contribution in [0.3, 0.4) is 0 Å². The molecule has 2 atom stereocenters. The van der Waals surface area contributed by atoms with Crippen molar-refractivity contribution in [3.63, 3.8) is 0 Å². The largest absolute Gasteiger partial charge is 0.342 e. The molecule has 122 valence electrons. The molecule has 23 heavy (non-hydrogen) atoms. The van der Waals surface area contributed by atoms with E-state index in [2.05, 4.69) is 15.5 Å². The van der Waals surface area contributed by atoms with Gasteiger partial charge in [-0.1, -0.05) is 11.2 Å². The zero-order valence-electron chi connectivity index (χ0n) is 12.9. The van der Waals surface area contributed by atoms with E-state index in [1.54, 1.807) is 11.3 Å². The van der Waals surface area contributed by atoms with E-state index in [1.165, 1.54) is 0 Å². The highest BCUT2D eigenvalue weighted by Crippen LogP contribution is 2.27. The van der Waals surface area contributed by atoms with Crippen LogP contribution in [0.4, 0.5) is 0 Å². The molecular formula is C16H20N4O2S. The van der Waals surface area contributed by atoms with Crippen molar-refractivity contribution in [3.05, 3.63) is 23.4 Å². The number of fused-ring (bicyclic) bond motifs is 1. The van der Waals surface area contributed by atoms with Gasteiger partial charge in [0, 0.05) is 39.0 Å². The molecule has 2 fully saturated rings. The average molecular weight is 332 g/mol. The van der Waals surface area contributed by atoms with Crippen molar-refractivity contribution in [3.8, 4) is 10.7 Å². The summed E-state index contributed by atoms with van der Waals surface area (Å²) in [7, 11) is 0. The van der Waals surface area contributed by atoms with E-state index in [9.17, 15) is 4.79 Å². The second-order valence-electron chi connectivity index (χ2n) is 6.32. The Balaban J connectivity index is 1.25. The number of aromatic nitrogens is 2. The van der Waals surface area contributed by atoms with Gasteiger partial charge in [-0.25, -0.2) is 0 Å². The highest BCUT2D eigenvalue weighted by molar-refractivity contribution is 7.13. The minimum atomic E-state index is 0.261. The Morgan fingerprint density at radius 1 is 1.39 bits per heavy atom. The number of nitrogens with zero attached hydrogens (tertiary/aromatic N) is 3. The highest BCUT2D eigenvalue weighted by Gasteiger charge is 2.37. The summed E-state index contributed by atoms with van der Waals surface area (Å²) in [6, 6.07) is 3.94. The number of nitrogens with one attached hydrogen (secondary N) is 1. The molecule has 1 amide bonds. The quantitative estimate of drug-likeness (QED) is 0.904. The molecule has 0 aromatic carbocycles. The smallest absolute Gasteiger partial charge is 0.226 e. The molecule has 0 aliphatic carbocycles. The van der Waals surface area contributed by atoms with Gasteiger partial charge in [-0.3, -0.25) is 4.79 Å². The van der Waals surface area contributed by atoms with Crippen molar-refractivity contribution in [1.82, 2.24) is 20.4 Å². The van der Waals surface area contributed by atoms with Gasteiger partial charge in [0.15, 0.2) is 0 Å². The molecule has 7 heteroatoms. The lowest BCUT2D eigenvalue weighted by molar-refractivity contribution is -0.130. The number of likely N-dealkylation sites (tertiary alicyclic amines) is 1. The molecule has 1 N–H and O–H groups in total. The Bertz CT molecular complexity index is 657.